The minimum Gasteiger partial charge on any atom is -0.493 e. The maximum atomic E-state index is 10.7. The smallest absolute Gasteiger partial charge is 0.203 e. The molecule has 0 aliphatic carbocycles. The largest absolute Gasteiger partial charge is 0.493 e. The molecule has 3 aromatic rings. The zero-order chi connectivity index (χ0) is 26.2. The number of rotatable bonds is 11. The summed E-state index contributed by atoms with van der Waals surface area (Å²) in [5.41, 5.74) is 2.49. The van der Waals surface area contributed by atoms with Gasteiger partial charge in [0.15, 0.2) is 11.5 Å². The van der Waals surface area contributed by atoms with Crippen LogP contribution in [0.1, 0.15) is 17.2 Å². The molecule has 1 N–H and O–H groups in total. The van der Waals surface area contributed by atoms with E-state index in [2.05, 4.69) is 46.2 Å². The minimum atomic E-state index is -0.633. The Bertz CT molecular complexity index is 1100. The van der Waals surface area contributed by atoms with Gasteiger partial charge in [-0.1, -0.05) is 54.1 Å². The second-order valence-corrected chi connectivity index (χ2v) is 9.46. The number of nitrogens with zero attached hydrogens (tertiary/aromatic N) is 2. The fourth-order valence-corrected chi connectivity index (χ4v) is 4.91. The molecule has 8 heteroatoms. The maximum Gasteiger partial charge on any atom is 0.203 e. The van der Waals surface area contributed by atoms with Crippen LogP contribution in [0.2, 0.25) is 5.02 Å². The Morgan fingerprint density at radius 3 is 1.97 bits per heavy atom. The molecule has 0 saturated carbocycles. The van der Waals surface area contributed by atoms with Gasteiger partial charge in [-0.15, -0.1) is 0 Å². The van der Waals surface area contributed by atoms with Gasteiger partial charge in [0.1, 0.15) is 18.5 Å². The zero-order valence-electron chi connectivity index (χ0n) is 21.6. The van der Waals surface area contributed by atoms with E-state index >= 15 is 0 Å². The number of halogens is 1. The summed E-state index contributed by atoms with van der Waals surface area (Å²) < 4.78 is 22.0. The molecule has 1 aliphatic heterocycles. The molecule has 1 aliphatic rings. The van der Waals surface area contributed by atoms with Gasteiger partial charge in [-0.25, -0.2) is 0 Å². The van der Waals surface area contributed by atoms with Crippen molar-refractivity contribution in [2.75, 3.05) is 60.7 Å². The lowest BCUT2D eigenvalue weighted by atomic mass is 9.96. The molecule has 0 radical (unpaired) electrons. The number of ether oxygens (including phenoxy) is 4. The van der Waals surface area contributed by atoms with Crippen molar-refractivity contribution in [1.82, 2.24) is 9.80 Å². The van der Waals surface area contributed by atoms with Gasteiger partial charge in [0.25, 0.3) is 0 Å². The van der Waals surface area contributed by atoms with E-state index in [-0.39, 0.29) is 12.6 Å². The molecule has 2 unspecified atom stereocenters. The van der Waals surface area contributed by atoms with Gasteiger partial charge in [-0.05, 0) is 23.3 Å². The van der Waals surface area contributed by atoms with Gasteiger partial charge < -0.3 is 24.1 Å². The highest BCUT2D eigenvalue weighted by Crippen LogP contribution is 2.40. The molecule has 1 saturated heterocycles. The summed E-state index contributed by atoms with van der Waals surface area (Å²) in [5, 5.41) is 11.4. The van der Waals surface area contributed by atoms with Crippen LogP contribution in [-0.2, 0) is 0 Å². The van der Waals surface area contributed by atoms with Crippen LogP contribution in [0.5, 0.6) is 23.0 Å². The number of aliphatic hydroxyl groups is 1. The van der Waals surface area contributed by atoms with Gasteiger partial charge in [0.05, 0.1) is 27.4 Å². The quantitative estimate of drug-likeness (QED) is 0.394. The van der Waals surface area contributed by atoms with E-state index in [1.807, 2.05) is 18.2 Å². The molecule has 0 amide bonds. The van der Waals surface area contributed by atoms with E-state index in [1.165, 1.54) is 11.1 Å². The summed E-state index contributed by atoms with van der Waals surface area (Å²) in [7, 11) is 4.68. The number of aliphatic hydroxyl groups excluding tert-OH is 1. The van der Waals surface area contributed by atoms with Gasteiger partial charge >= 0.3 is 0 Å². The van der Waals surface area contributed by atoms with E-state index < -0.39 is 6.10 Å². The third-order valence-corrected chi connectivity index (χ3v) is 6.87. The summed E-state index contributed by atoms with van der Waals surface area (Å²) in [6, 6.07) is 22.3. The van der Waals surface area contributed by atoms with Crippen LogP contribution in [0.15, 0.2) is 66.7 Å². The average Bonchev–Trinajstić information content (AvgIpc) is 2.94. The van der Waals surface area contributed by atoms with Crippen LogP contribution in [0.25, 0.3) is 0 Å². The molecule has 4 rings (SSSR count). The third-order valence-electron chi connectivity index (χ3n) is 6.62. The monoisotopic (exact) mass is 526 g/mol. The Hall–Kier alpha value is -2.97. The summed E-state index contributed by atoms with van der Waals surface area (Å²) in [6.45, 7) is 4.20. The van der Waals surface area contributed by atoms with Crippen molar-refractivity contribution in [3.05, 3.63) is 82.9 Å². The lowest BCUT2D eigenvalue weighted by molar-refractivity contribution is 0.0400. The first kappa shape index (κ1) is 27.1. The molecule has 0 aromatic heterocycles. The number of hydrogen-bond acceptors (Lipinski definition) is 7. The number of β-amino-alcohol motifs (C(OH)–C–C–N with tert-alkyl or cyclic N) is 1. The van der Waals surface area contributed by atoms with Crippen LogP contribution in [0, 0.1) is 0 Å². The first-order chi connectivity index (χ1) is 18.0. The van der Waals surface area contributed by atoms with Crippen LogP contribution >= 0.6 is 11.6 Å². The minimum absolute atomic E-state index is 0.161. The van der Waals surface area contributed by atoms with Crippen molar-refractivity contribution in [2.45, 2.75) is 12.1 Å². The lowest BCUT2D eigenvalue weighted by Gasteiger charge is -2.40. The highest BCUT2D eigenvalue weighted by atomic mass is 35.5. The molecular weight excluding hydrogens is 492 g/mol. The fraction of sp³-hybridized carbons (Fsp3) is 0.379. The molecular formula is C29H35ClN2O5. The lowest BCUT2D eigenvalue weighted by Crippen LogP contribution is -2.50. The van der Waals surface area contributed by atoms with Gasteiger partial charge in [0.2, 0.25) is 5.75 Å². The van der Waals surface area contributed by atoms with Gasteiger partial charge in [-0.2, -0.15) is 0 Å². The van der Waals surface area contributed by atoms with Crippen LogP contribution < -0.4 is 18.9 Å². The standard InChI is InChI=1S/C29H35ClN2O5/c1-34-26-17-25(18-27(35-2)29(26)36-3)37-20-24(33)19-31-13-15-32(16-14-31)28(21-7-5-4-6-8-21)22-9-11-23(30)12-10-22/h4-12,17-18,24,28,33H,13-16,19-20H2,1-3H3. The highest BCUT2D eigenvalue weighted by Gasteiger charge is 2.27. The predicted octanol–water partition coefficient (Wildman–Crippen LogP) is 4.51. The topological polar surface area (TPSA) is 63.6 Å². The normalized spacial score (nSPS) is 16.1. The van der Waals surface area contributed by atoms with Crippen molar-refractivity contribution in [3.8, 4) is 23.0 Å². The highest BCUT2D eigenvalue weighted by molar-refractivity contribution is 6.30. The average molecular weight is 527 g/mol. The zero-order valence-corrected chi connectivity index (χ0v) is 22.4. The first-order valence-electron chi connectivity index (χ1n) is 12.4. The summed E-state index contributed by atoms with van der Waals surface area (Å²) in [6.07, 6.45) is -0.633. The number of methoxy groups -OCH3 is 3. The number of piperazine rings is 1. The molecule has 198 valence electrons. The summed E-state index contributed by atoms with van der Waals surface area (Å²) in [4.78, 5) is 4.78. The Morgan fingerprint density at radius 1 is 0.811 bits per heavy atom. The van der Waals surface area contributed by atoms with Crippen molar-refractivity contribution < 1.29 is 24.1 Å². The van der Waals surface area contributed by atoms with Crippen molar-refractivity contribution >= 4 is 11.6 Å². The maximum absolute atomic E-state index is 10.7. The summed E-state index contributed by atoms with van der Waals surface area (Å²) in [5.74, 6) is 2.07. The van der Waals surface area contributed by atoms with Crippen molar-refractivity contribution in [1.29, 1.82) is 0 Å². The number of hydrogen-bond donors (Lipinski definition) is 1. The van der Waals surface area contributed by atoms with Crippen LogP contribution in [0.3, 0.4) is 0 Å². The third kappa shape index (κ3) is 6.87. The summed E-state index contributed by atoms with van der Waals surface area (Å²) >= 11 is 6.15. The van der Waals surface area contributed by atoms with Crippen LogP contribution in [-0.4, -0.2) is 81.7 Å². The Kier molecular flexibility index (Phi) is 9.52. The van der Waals surface area contributed by atoms with E-state index in [4.69, 9.17) is 30.5 Å². The Morgan fingerprint density at radius 2 is 1.41 bits per heavy atom. The van der Waals surface area contributed by atoms with Crippen molar-refractivity contribution in [2.24, 2.45) is 0 Å². The molecule has 7 nitrogen and oxygen atoms in total. The SMILES string of the molecule is COc1cc(OCC(O)CN2CCN(C(c3ccccc3)c3ccc(Cl)cc3)CC2)cc(OC)c1OC. The van der Waals surface area contributed by atoms with Crippen molar-refractivity contribution in [3.63, 3.8) is 0 Å². The molecule has 1 fully saturated rings. The first-order valence-corrected chi connectivity index (χ1v) is 12.8. The van der Waals surface area contributed by atoms with Crippen LogP contribution in [0.4, 0.5) is 0 Å². The second kappa shape index (κ2) is 13.0. The van der Waals surface area contributed by atoms with E-state index in [1.54, 1.807) is 33.5 Å². The number of benzene rings is 3. The Labute approximate surface area is 224 Å². The van der Waals surface area contributed by atoms with E-state index in [0.717, 1.165) is 31.2 Å². The van der Waals surface area contributed by atoms with E-state index in [9.17, 15) is 5.11 Å². The predicted molar refractivity (Wildman–Crippen MR) is 145 cm³/mol. The van der Waals surface area contributed by atoms with Gasteiger partial charge in [0, 0.05) is 49.9 Å². The van der Waals surface area contributed by atoms with E-state index in [0.29, 0.717) is 29.5 Å². The molecule has 0 spiro atoms. The fourth-order valence-electron chi connectivity index (χ4n) is 4.78. The Balaban J connectivity index is 1.34. The molecule has 1 heterocycles. The van der Waals surface area contributed by atoms with Gasteiger partial charge in [-0.3, -0.25) is 9.80 Å². The molecule has 3 aromatic carbocycles. The second-order valence-electron chi connectivity index (χ2n) is 9.03. The molecule has 0 bridgehead atoms. The molecule has 2 atom stereocenters. The molecule has 37 heavy (non-hydrogen) atoms.